The normalized spacial score (nSPS) is 10.6. The number of nitrogens with one attached hydrogen (secondary N) is 1. The first kappa shape index (κ1) is 22.9. The average Bonchev–Trinajstić information content (AvgIpc) is 2.68. The lowest BCUT2D eigenvalue weighted by Crippen LogP contribution is -2.27. The van der Waals surface area contributed by atoms with E-state index in [1.165, 1.54) is 23.1 Å². The molecule has 1 N–H and O–H groups in total. The summed E-state index contributed by atoms with van der Waals surface area (Å²) in [6.07, 6.45) is 0.406. The van der Waals surface area contributed by atoms with E-state index in [-0.39, 0.29) is 29.6 Å². The van der Waals surface area contributed by atoms with Gasteiger partial charge in [0.1, 0.15) is 11.4 Å². The van der Waals surface area contributed by atoms with Crippen molar-refractivity contribution in [3.05, 3.63) is 58.1 Å². The minimum Gasteiger partial charge on any atom is -0.494 e. The maximum atomic E-state index is 12.5. The number of hydrogen-bond donors (Lipinski definition) is 1. The van der Waals surface area contributed by atoms with Crippen LogP contribution in [0.4, 0.5) is 17.1 Å². The van der Waals surface area contributed by atoms with Crippen LogP contribution in [0.2, 0.25) is 0 Å². The van der Waals surface area contributed by atoms with Crippen molar-refractivity contribution < 1.29 is 19.2 Å². The van der Waals surface area contributed by atoms with Crippen LogP contribution in [0.5, 0.6) is 5.75 Å². The maximum Gasteiger partial charge on any atom is 0.292 e. The quantitative estimate of drug-likeness (QED) is 0.491. The standard InChI is InChI=1S/C22H27N3O5/c1-5-30-18-9-6-16(7-10-18)13-21(26)23-19-14-17(8-11-20(19)25(28)29)24(4)22(27)12-15(2)3/h6-11,14-15H,5,12-13H2,1-4H3,(H,23,26). The first-order valence-corrected chi connectivity index (χ1v) is 9.77. The van der Waals surface area contributed by atoms with E-state index in [1.54, 1.807) is 31.3 Å². The van der Waals surface area contributed by atoms with E-state index in [0.717, 1.165) is 5.56 Å². The van der Waals surface area contributed by atoms with Gasteiger partial charge in [0.25, 0.3) is 5.69 Å². The van der Waals surface area contributed by atoms with Gasteiger partial charge in [0, 0.05) is 25.2 Å². The Balaban J connectivity index is 2.18. The van der Waals surface area contributed by atoms with Gasteiger partial charge in [-0.2, -0.15) is 0 Å². The Bertz CT molecular complexity index is 909. The highest BCUT2D eigenvalue weighted by atomic mass is 16.6. The molecule has 0 unspecified atom stereocenters. The molecule has 0 aromatic heterocycles. The molecular formula is C22H27N3O5. The topological polar surface area (TPSA) is 102 Å². The van der Waals surface area contributed by atoms with Crippen molar-refractivity contribution in [3.8, 4) is 5.75 Å². The highest BCUT2D eigenvalue weighted by Crippen LogP contribution is 2.30. The summed E-state index contributed by atoms with van der Waals surface area (Å²) in [4.78, 5) is 37.1. The molecule has 160 valence electrons. The fraction of sp³-hybridized carbons (Fsp3) is 0.364. The lowest BCUT2D eigenvalue weighted by molar-refractivity contribution is -0.383. The summed E-state index contributed by atoms with van der Waals surface area (Å²) < 4.78 is 5.37. The first-order valence-electron chi connectivity index (χ1n) is 9.77. The van der Waals surface area contributed by atoms with E-state index in [2.05, 4.69) is 5.32 Å². The van der Waals surface area contributed by atoms with Crippen LogP contribution in [0.25, 0.3) is 0 Å². The van der Waals surface area contributed by atoms with Gasteiger partial charge in [-0.1, -0.05) is 26.0 Å². The van der Waals surface area contributed by atoms with Crippen molar-refractivity contribution in [1.82, 2.24) is 0 Å². The second-order valence-electron chi connectivity index (χ2n) is 7.31. The molecule has 8 heteroatoms. The number of nitro groups is 1. The smallest absolute Gasteiger partial charge is 0.292 e. The van der Waals surface area contributed by atoms with Crippen LogP contribution in [-0.4, -0.2) is 30.4 Å². The van der Waals surface area contributed by atoms with Gasteiger partial charge in [-0.25, -0.2) is 0 Å². The maximum absolute atomic E-state index is 12.5. The zero-order valence-corrected chi connectivity index (χ0v) is 17.7. The van der Waals surface area contributed by atoms with E-state index in [1.807, 2.05) is 20.8 Å². The average molecular weight is 413 g/mol. The van der Waals surface area contributed by atoms with Gasteiger partial charge in [0.2, 0.25) is 11.8 Å². The zero-order valence-electron chi connectivity index (χ0n) is 17.7. The largest absolute Gasteiger partial charge is 0.494 e. The van der Waals surface area contributed by atoms with Crippen LogP contribution in [0.3, 0.4) is 0 Å². The summed E-state index contributed by atoms with van der Waals surface area (Å²) in [5, 5.41) is 14.0. The molecule has 0 bridgehead atoms. The van der Waals surface area contributed by atoms with E-state index < -0.39 is 10.8 Å². The van der Waals surface area contributed by atoms with Gasteiger partial charge >= 0.3 is 0 Å². The summed E-state index contributed by atoms with van der Waals surface area (Å²) in [5.74, 6) is 0.395. The number of anilines is 2. The van der Waals surface area contributed by atoms with Crippen molar-refractivity contribution in [3.63, 3.8) is 0 Å². The predicted molar refractivity (Wildman–Crippen MR) is 116 cm³/mol. The minimum absolute atomic E-state index is 0.0515. The Hall–Kier alpha value is -3.42. The van der Waals surface area contributed by atoms with Crippen molar-refractivity contribution in [2.75, 3.05) is 23.9 Å². The molecule has 0 aliphatic heterocycles. The number of amides is 2. The van der Waals surface area contributed by atoms with Crippen molar-refractivity contribution in [2.24, 2.45) is 5.92 Å². The monoisotopic (exact) mass is 413 g/mol. The molecule has 8 nitrogen and oxygen atoms in total. The van der Waals surface area contributed by atoms with Gasteiger partial charge in [-0.15, -0.1) is 0 Å². The Morgan fingerprint density at radius 2 is 1.83 bits per heavy atom. The Kier molecular flexibility index (Phi) is 7.91. The second-order valence-corrected chi connectivity index (χ2v) is 7.31. The van der Waals surface area contributed by atoms with Crippen LogP contribution in [0.15, 0.2) is 42.5 Å². The zero-order chi connectivity index (χ0) is 22.3. The molecule has 2 amide bonds. The van der Waals surface area contributed by atoms with Gasteiger partial charge in [-0.3, -0.25) is 19.7 Å². The van der Waals surface area contributed by atoms with Crippen LogP contribution < -0.4 is 15.0 Å². The van der Waals surface area contributed by atoms with Gasteiger partial charge in [0.15, 0.2) is 0 Å². The third-order valence-electron chi connectivity index (χ3n) is 4.39. The molecular weight excluding hydrogens is 386 g/mol. The van der Waals surface area contributed by atoms with Crippen LogP contribution in [0.1, 0.15) is 32.8 Å². The minimum atomic E-state index is -0.563. The number of carbonyl (C=O) groups is 2. The molecule has 0 saturated carbocycles. The summed E-state index contributed by atoms with van der Waals surface area (Å²) in [6, 6.07) is 11.3. The van der Waals surface area contributed by atoms with Gasteiger partial charge in [-0.05, 0) is 42.7 Å². The molecule has 0 atom stereocenters. The Morgan fingerprint density at radius 1 is 1.17 bits per heavy atom. The predicted octanol–water partition coefficient (Wildman–Crippen LogP) is 4.18. The van der Waals surface area contributed by atoms with E-state index >= 15 is 0 Å². The summed E-state index contributed by atoms with van der Waals surface area (Å²) in [7, 11) is 1.61. The lowest BCUT2D eigenvalue weighted by Gasteiger charge is -2.19. The summed E-state index contributed by atoms with van der Waals surface area (Å²) in [5.41, 5.74) is 1.04. The number of carbonyl (C=O) groups excluding carboxylic acids is 2. The third-order valence-corrected chi connectivity index (χ3v) is 4.39. The van der Waals surface area contributed by atoms with Gasteiger partial charge < -0.3 is 15.0 Å². The molecule has 0 fully saturated rings. The summed E-state index contributed by atoms with van der Waals surface area (Å²) >= 11 is 0. The molecule has 2 aromatic rings. The van der Waals surface area contributed by atoms with Crippen molar-refractivity contribution >= 4 is 28.9 Å². The molecule has 2 aromatic carbocycles. The first-order chi connectivity index (χ1) is 14.2. The molecule has 30 heavy (non-hydrogen) atoms. The van der Waals surface area contributed by atoms with Crippen molar-refractivity contribution in [2.45, 2.75) is 33.6 Å². The van der Waals surface area contributed by atoms with E-state index in [9.17, 15) is 19.7 Å². The molecule has 2 rings (SSSR count). The fourth-order valence-electron chi connectivity index (χ4n) is 2.87. The molecule has 0 aliphatic rings. The molecule has 0 radical (unpaired) electrons. The van der Waals surface area contributed by atoms with E-state index in [0.29, 0.717) is 24.5 Å². The van der Waals surface area contributed by atoms with Crippen LogP contribution in [0, 0.1) is 16.0 Å². The number of nitro benzene ring substituents is 1. The van der Waals surface area contributed by atoms with Crippen LogP contribution >= 0.6 is 0 Å². The summed E-state index contributed by atoms with van der Waals surface area (Å²) in [6.45, 7) is 6.31. The lowest BCUT2D eigenvalue weighted by atomic mass is 10.1. The number of rotatable bonds is 9. The molecule has 0 aliphatic carbocycles. The fourth-order valence-corrected chi connectivity index (χ4v) is 2.87. The van der Waals surface area contributed by atoms with Crippen molar-refractivity contribution in [1.29, 1.82) is 0 Å². The van der Waals surface area contributed by atoms with Gasteiger partial charge in [0.05, 0.1) is 18.0 Å². The molecule has 0 saturated heterocycles. The number of ether oxygens (including phenoxy) is 1. The number of hydrogen-bond acceptors (Lipinski definition) is 5. The highest BCUT2D eigenvalue weighted by Gasteiger charge is 2.20. The van der Waals surface area contributed by atoms with E-state index in [4.69, 9.17) is 4.74 Å². The third kappa shape index (κ3) is 6.30. The highest BCUT2D eigenvalue weighted by molar-refractivity contribution is 5.97. The molecule has 0 spiro atoms. The molecule has 0 heterocycles. The Labute approximate surface area is 176 Å². The SMILES string of the molecule is CCOc1ccc(CC(=O)Nc2cc(N(C)C(=O)CC(C)C)ccc2[N+](=O)[O-])cc1. The second kappa shape index (κ2) is 10.4. The van der Waals surface area contributed by atoms with Crippen LogP contribution in [-0.2, 0) is 16.0 Å². The number of nitrogens with zero attached hydrogens (tertiary/aromatic N) is 2. The Morgan fingerprint density at radius 3 is 2.40 bits per heavy atom. The number of benzene rings is 2.